The highest BCUT2D eigenvalue weighted by atomic mass is 32.2. The number of benzene rings is 1. The number of rotatable bonds is 1. The van der Waals surface area contributed by atoms with Crippen molar-refractivity contribution in [1.29, 1.82) is 5.26 Å². The number of urea groups is 1. The quantitative estimate of drug-likeness (QED) is 0.790. The maximum atomic E-state index is 12.5. The molecule has 0 spiro atoms. The lowest BCUT2D eigenvalue weighted by molar-refractivity contribution is -0.120. The minimum atomic E-state index is -0.262. The molecule has 2 heterocycles. The molecule has 1 aromatic carbocycles. The van der Waals surface area contributed by atoms with Crippen molar-refractivity contribution in [2.75, 3.05) is 23.0 Å². The maximum Gasteiger partial charge on any atom is 0.331 e. The largest absolute Gasteiger partial charge is 0.331 e. The summed E-state index contributed by atoms with van der Waals surface area (Å²) in [6, 6.07) is 8.39. The van der Waals surface area contributed by atoms with Gasteiger partial charge in [-0.2, -0.15) is 17.0 Å². The molecule has 0 N–H and O–H groups in total. The minimum absolute atomic E-state index is 0.0177. The van der Waals surface area contributed by atoms with Crippen LogP contribution in [0.5, 0.6) is 0 Å². The number of anilines is 1. The van der Waals surface area contributed by atoms with Crippen LogP contribution in [-0.2, 0) is 4.79 Å². The number of amides is 3. The molecule has 0 bridgehead atoms. The van der Waals surface area contributed by atoms with Crippen LogP contribution in [0.15, 0.2) is 24.3 Å². The molecule has 20 heavy (non-hydrogen) atoms. The Morgan fingerprint density at radius 2 is 2.20 bits per heavy atom. The predicted molar refractivity (Wildman–Crippen MR) is 76.5 cm³/mol. The number of thioether (sulfide) groups is 1. The molecule has 0 aliphatic carbocycles. The third kappa shape index (κ3) is 2.14. The molecule has 5 nitrogen and oxygen atoms in total. The summed E-state index contributed by atoms with van der Waals surface area (Å²) in [4.78, 5) is 27.7. The van der Waals surface area contributed by atoms with E-state index in [1.54, 1.807) is 40.9 Å². The first-order chi connectivity index (χ1) is 9.70. The summed E-state index contributed by atoms with van der Waals surface area (Å²) in [5.41, 5.74) is 0.926. The van der Waals surface area contributed by atoms with Gasteiger partial charge in [0.2, 0.25) is 5.91 Å². The highest BCUT2D eigenvalue weighted by molar-refractivity contribution is 7.99. The second-order valence-electron chi connectivity index (χ2n) is 4.80. The highest BCUT2D eigenvalue weighted by Crippen LogP contribution is 2.29. The van der Waals surface area contributed by atoms with Crippen LogP contribution in [0.2, 0.25) is 0 Å². The monoisotopic (exact) mass is 287 g/mol. The standard InChI is InChI=1S/C14H13N3O2S/c15-8-10-2-1-3-11(6-10)17-13(18)7-12-9-20-5-4-16(12)14(17)19/h1-3,6,12H,4-5,7,9H2. The average molecular weight is 287 g/mol. The average Bonchev–Trinajstić information content (AvgIpc) is 2.47. The van der Waals surface area contributed by atoms with Crippen LogP contribution >= 0.6 is 11.8 Å². The van der Waals surface area contributed by atoms with E-state index in [0.717, 1.165) is 11.5 Å². The van der Waals surface area contributed by atoms with Gasteiger partial charge in [-0.05, 0) is 18.2 Å². The smallest absolute Gasteiger partial charge is 0.319 e. The molecule has 2 fully saturated rings. The van der Waals surface area contributed by atoms with E-state index in [2.05, 4.69) is 0 Å². The zero-order valence-corrected chi connectivity index (χ0v) is 11.6. The van der Waals surface area contributed by atoms with E-state index >= 15 is 0 Å². The zero-order chi connectivity index (χ0) is 14.1. The van der Waals surface area contributed by atoms with E-state index in [1.165, 1.54) is 4.90 Å². The van der Waals surface area contributed by atoms with E-state index in [9.17, 15) is 9.59 Å². The third-order valence-corrected chi connectivity index (χ3v) is 4.65. The van der Waals surface area contributed by atoms with Gasteiger partial charge in [0.15, 0.2) is 0 Å². The van der Waals surface area contributed by atoms with Crippen LogP contribution in [-0.4, -0.2) is 40.9 Å². The van der Waals surface area contributed by atoms with Crippen molar-refractivity contribution in [2.24, 2.45) is 0 Å². The molecular weight excluding hydrogens is 274 g/mol. The molecule has 3 amide bonds. The van der Waals surface area contributed by atoms with Crippen LogP contribution in [0.1, 0.15) is 12.0 Å². The molecule has 0 saturated carbocycles. The van der Waals surface area contributed by atoms with Gasteiger partial charge in [0.05, 0.1) is 23.4 Å². The van der Waals surface area contributed by atoms with Gasteiger partial charge in [0.1, 0.15) is 0 Å². The lowest BCUT2D eigenvalue weighted by atomic mass is 10.1. The van der Waals surface area contributed by atoms with E-state index in [4.69, 9.17) is 5.26 Å². The Labute approximate surface area is 121 Å². The van der Waals surface area contributed by atoms with Gasteiger partial charge in [0.25, 0.3) is 0 Å². The van der Waals surface area contributed by atoms with E-state index in [-0.39, 0.29) is 18.0 Å². The van der Waals surface area contributed by atoms with Crippen LogP contribution in [0.3, 0.4) is 0 Å². The molecule has 3 rings (SSSR count). The molecule has 0 radical (unpaired) electrons. The van der Waals surface area contributed by atoms with E-state index in [0.29, 0.717) is 24.2 Å². The van der Waals surface area contributed by atoms with Crippen LogP contribution < -0.4 is 4.90 Å². The molecular formula is C14H13N3O2S. The predicted octanol–water partition coefficient (Wildman–Crippen LogP) is 1.83. The highest BCUT2D eigenvalue weighted by Gasteiger charge is 2.40. The number of hydrogen-bond donors (Lipinski definition) is 0. The topological polar surface area (TPSA) is 64.4 Å². The molecule has 1 aromatic rings. The molecule has 2 aliphatic heterocycles. The van der Waals surface area contributed by atoms with Crippen molar-refractivity contribution < 1.29 is 9.59 Å². The number of nitriles is 1. The summed E-state index contributed by atoms with van der Waals surface area (Å²) < 4.78 is 0. The molecule has 2 saturated heterocycles. The molecule has 2 aliphatic rings. The van der Waals surface area contributed by atoms with Crippen molar-refractivity contribution in [3.05, 3.63) is 29.8 Å². The van der Waals surface area contributed by atoms with Crippen LogP contribution in [0.25, 0.3) is 0 Å². The van der Waals surface area contributed by atoms with Gasteiger partial charge >= 0.3 is 6.03 Å². The van der Waals surface area contributed by atoms with Crippen molar-refractivity contribution in [3.8, 4) is 6.07 Å². The number of carbonyl (C=O) groups is 2. The van der Waals surface area contributed by atoms with Crippen LogP contribution in [0.4, 0.5) is 10.5 Å². The lowest BCUT2D eigenvalue weighted by Crippen LogP contribution is -2.59. The summed E-state index contributed by atoms with van der Waals surface area (Å²) >= 11 is 1.78. The Morgan fingerprint density at radius 3 is 3.00 bits per heavy atom. The molecule has 102 valence electrons. The number of hydrogen-bond acceptors (Lipinski definition) is 4. The summed E-state index contributed by atoms with van der Waals surface area (Å²) in [7, 11) is 0. The van der Waals surface area contributed by atoms with Gasteiger partial charge in [-0.1, -0.05) is 6.07 Å². The van der Waals surface area contributed by atoms with Crippen LogP contribution in [0, 0.1) is 11.3 Å². The Kier molecular flexibility index (Phi) is 3.36. The number of carbonyl (C=O) groups excluding carboxylic acids is 2. The minimum Gasteiger partial charge on any atom is -0.319 e. The second-order valence-corrected chi connectivity index (χ2v) is 5.95. The lowest BCUT2D eigenvalue weighted by Gasteiger charge is -2.42. The molecule has 6 heteroatoms. The first kappa shape index (κ1) is 13.0. The fourth-order valence-corrected chi connectivity index (χ4v) is 3.64. The molecule has 0 aromatic heterocycles. The van der Waals surface area contributed by atoms with Gasteiger partial charge in [-0.15, -0.1) is 0 Å². The Balaban J connectivity index is 1.94. The Bertz CT molecular complexity index is 611. The zero-order valence-electron chi connectivity index (χ0n) is 10.8. The normalized spacial score (nSPS) is 22.4. The summed E-state index contributed by atoms with van der Waals surface area (Å²) in [5.74, 6) is 1.54. The fraction of sp³-hybridized carbons (Fsp3) is 0.357. The van der Waals surface area contributed by atoms with Crippen molar-refractivity contribution in [3.63, 3.8) is 0 Å². The van der Waals surface area contributed by atoms with Crippen molar-refractivity contribution in [2.45, 2.75) is 12.5 Å². The Hall–Kier alpha value is -2.00. The first-order valence-corrected chi connectivity index (χ1v) is 7.57. The maximum absolute atomic E-state index is 12.5. The van der Waals surface area contributed by atoms with Crippen molar-refractivity contribution in [1.82, 2.24) is 4.90 Å². The SMILES string of the molecule is N#Cc1cccc(N2C(=O)CC3CSCCN3C2=O)c1. The second kappa shape index (κ2) is 5.17. The number of fused-ring (bicyclic) bond motifs is 1. The summed E-state index contributed by atoms with van der Waals surface area (Å²) in [6.45, 7) is 0.676. The van der Waals surface area contributed by atoms with E-state index in [1.807, 2.05) is 6.07 Å². The van der Waals surface area contributed by atoms with Gasteiger partial charge < -0.3 is 4.90 Å². The van der Waals surface area contributed by atoms with Gasteiger partial charge in [0, 0.05) is 24.5 Å². The molecule has 1 atom stereocenters. The third-order valence-electron chi connectivity index (χ3n) is 3.56. The van der Waals surface area contributed by atoms with E-state index < -0.39 is 0 Å². The summed E-state index contributed by atoms with van der Waals surface area (Å²) in [5, 5.41) is 8.93. The number of nitrogens with zero attached hydrogens (tertiary/aromatic N) is 3. The van der Waals surface area contributed by atoms with Crippen molar-refractivity contribution >= 4 is 29.4 Å². The fourth-order valence-electron chi connectivity index (χ4n) is 2.57. The first-order valence-electron chi connectivity index (χ1n) is 6.42. The number of imide groups is 1. The molecule has 1 unspecified atom stereocenters. The summed E-state index contributed by atoms with van der Waals surface area (Å²) in [6.07, 6.45) is 0.357. The van der Waals surface area contributed by atoms with Gasteiger partial charge in [-0.3, -0.25) is 4.79 Å². The van der Waals surface area contributed by atoms with Gasteiger partial charge in [-0.25, -0.2) is 9.69 Å². The Morgan fingerprint density at radius 1 is 1.35 bits per heavy atom.